The van der Waals surface area contributed by atoms with Crippen molar-refractivity contribution in [1.82, 2.24) is 0 Å². The van der Waals surface area contributed by atoms with Crippen molar-refractivity contribution in [3.63, 3.8) is 0 Å². The molecule has 5 nitrogen and oxygen atoms in total. The molecule has 3 aromatic carbocycles. The average molecular weight is 579 g/mol. The zero-order valence-electron chi connectivity index (χ0n) is 21.4. The Labute approximate surface area is 231 Å². The summed E-state index contributed by atoms with van der Waals surface area (Å²) in [5.74, 6) is -2.52. The van der Waals surface area contributed by atoms with Crippen LogP contribution in [0.25, 0.3) is 0 Å². The number of nitrogens with zero attached hydrogens (tertiary/aromatic N) is 1. The fraction of sp³-hybridized carbons (Fsp3) is 0.276. The standard InChI is InChI=1S/C29H24ClF5N2O3/c1-28(2)13-21-27(40-14-28)26(18-9-7-16(11-20(18)32)29(33,34)35)37(22-4-3-5-23(38)25(22)36-21)24(39)10-15-6-8-17(31)12-19(15)30/h3-9,11-12,26,36,38H,10,13-14H2,1-2H3. The van der Waals surface area contributed by atoms with Gasteiger partial charge >= 0.3 is 6.18 Å². The average Bonchev–Trinajstić information content (AvgIpc) is 2.99. The molecule has 0 saturated carbocycles. The minimum absolute atomic E-state index is 0.00902. The summed E-state index contributed by atoms with van der Waals surface area (Å²) in [6.45, 7) is 4.05. The number of ether oxygens (including phenoxy) is 1. The van der Waals surface area contributed by atoms with Crippen LogP contribution in [0.4, 0.5) is 33.3 Å². The van der Waals surface area contributed by atoms with E-state index in [9.17, 15) is 27.5 Å². The van der Waals surface area contributed by atoms with E-state index in [1.807, 2.05) is 13.8 Å². The number of carbonyl (C=O) groups is 1. The molecule has 2 aliphatic heterocycles. The van der Waals surface area contributed by atoms with E-state index in [0.717, 1.165) is 24.3 Å². The summed E-state index contributed by atoms with van der Waals surface area (Å²) in [6, 6.07) is 8.70. The summed E-state index contributed by atoms with van der Waals surface area (Å²) >= 11 is 6.19. The van der Waals surface area contributed by atoms with Gasteiger partial charge in [-0.1, -0.05) is 43.6 Å². The molecule has 2 N–H and O–H groups in total. The van der Waals surface area contributed by atoms with Crippen LogP contribution in [0, 0.1) is 17.0 Å². The van der Waals surface area contributed by atoms with Crippen LogP contribution in [0.3, 0.4) is 0 Å². The predicted molar refractivity (Wildman–Crippen MR) is 140 cm³/mol. The van der Waals surface area contributed by atoms with Gasteiger partial charge in [0.05, 0.1) is 30.0 Å². The SMILES string of the molecule is CC1(C)COC2=C(C1)Nc1c(O)cccc1N(C(=O)Cc1ccc(F)cc1Cl)C2c1ccc(C(F)(F)F)cc1F. The van der Waals surface area contributed by atoms with Crippen LogP contribution in [0.2, 0.25) is 5.02 Å². The monoisotopic (exact) mass is 578 g/mol. The Hall–Kier alpha value is -3.79. The second kappa shape index (κ2) is 9.99. The quantitative estimate of drug-likeness (QED) is 0.246. The first-order valence-electron chi connectivity index (χ1n) is 12.3. The highest BCUT2D eigenvalue weighted by atomic mass is 35.5. The van der Waals surface area contributed by atoms with Gasteiger partial charge in [0.2, 0.25) is 5.91 Å². The maximum atomic E-state index is 15.6. The third-order valence-corrected chi connectivity index (χ3v) is 7.23. The molecule has 0 bridgehead atoms. The first-order chi connectivity index (χ1) is 18.7. The number of hydrogen-bond acceptors (Lipinski definition) is 4. The molecule has 5 rings (SSSR count). The number of hydrogen-bond donors (Lipinski definition) is 2. The summed E-state index contributed by atoms with van der Waals surface area (Å²) in [5, 5.41) is 13.9. The molecule has 3 aromatic rings. The first-order valence-corrected chi connectivity index (χ1v) is 12.7. The van der Waals surface area contributed by atoms with E-state index >= 15 is 4.39 Å². The molecule has 210 valence electrons. The Bertz CT molecular complexity index is 1540. The van der Waals surface area contributed by atoms with Crippen LogP contribution in [0.1, 0.15) is 43.0 Å². The molecule has 2 aliphatic rings. The van der Waals surface area contributed by atoms with Crippen LogP contribution in [-0.2, 0) is 22.1 Å². The van der Waals surface area contributed by atoms with E-state index < -0.39 is 35.3 Å². The lowest BCUT2D eigenvalue weighted by Gasteiger charge is -2.38. The van der Waals surface area contributed by atoms with Crippen molar-refractivity contribution in [2.45, 2.75) is 38.9 Å². The molecule has 0 spiro atoms. The highest BCUT2D eigenvalue weighted by Gasteiger charge is 2.43. The van der Waals surface area contributed by atoms with Crippen molar-refractivity contribution in [3.05, 3.63) is 99.4 Å². The van der Waals surface area contributed by atoms with Gasteiger partial charge in [0.1, 0.15) is 34.9 Å². The number of nitrogens with one attached hydrogen (secondary N) is 1. The number of alkyl halides is 3. The van der Waals surface area contributed by atoms with E-state index in [1.54, 1.807) is 0 Å². The number of carbonyl (C=O) groups excluding carboxylic acids is 1. The number of aromatic hydroxyl groups is 1. The number of para-hydroxylation sites is 1. The van der Waals surface area contributed by atoms with Gasteiger partial charge in [-0.25, -0.2) is 8.78 Å². The number of phenolic OH excluding ortho intramolecular Hbond substituents is 1. The van der Waals surface area contributed by atoms with Crippen LogP contribution < -0.4 is 10.2 Å². The molecule has 40 heavy (non-hydrogen) atoms. The van der Waals surface area contributed by atoms with Gasteiger partial charge in [-0.15, -0.1) is 0 Å². The normalized spacial score (nSPS) is 18.3. The number of rotatable bonds is 3. The Morgan fingerprint density at radius 1 is 1.15 bits per heavy atom. The Kier molecular flexibility index (Phi) is 6.94. The molecule has 1 unspecified atom stereocenters. The molecule has 11 heteroatoms. The highest BCUT2D eigenvalue weighted by Crippen LogP contribution is 2.50. The van der Waals surface area contributed by atoms with Gasteiger partial charge in [-0.05, 0) is 48.4 Å². The van der Waals surface area contributed by atoms with Gasteiger partial charge in [0.15, 0.2) is 0 Å². The molecule has 1 atom stereocenters. The van der Waals surface area contributed by atoms with Crippen LogP contribution in [0.15, 0.2) is 66.1 Å². The Balaban J connectivity index is 1.73. The summed E-state index contributed by atoms with van der Waals surface area (Å²) in [7, 11) is 0. The molecule has 0 aromatic heterocycles. The number of amides is 1. The molecule has 0 fully saturated rings. The number of benzene rings is 3. The number of fused-ring (bicyclic) bond motifs is 1. The van der Waals surface area contributed by atoms with Gasteiger partial charge < -0.3 is 15.2 Å². The molecule has 0 saturated heterocycles. The summed E-state index contributed by atoms with van der Waals surface area (Å²) < 4.78 is 75.5. The molecule has 0 radical (unpaired) electrons. The number of halogens is 6. The predicted octanol–water partition coefficient (Wildman–Crippen LogP) is 7.74. The van der Waals surface area contributed by atoms with Crippen LogP contribution in [0.5, 0.6) is 5.75 Å². The fourth-order valence-electron chi connectivity index (χ4n) is 4.99. The van der Waals surface area contributed by atoms with Crippen molar-refractivity contribution < 1.29 is 36.6 Å². The third kappa shape index (κ3) is 5.20. The zero-order valence-corrected chi connectivity index (χ0v) is 22.1. The lowest BCUT2D eigenvalue weighted by Crippen LogP contribution is -2.39. The molecular weight excluding hydrogens is 555 g/mol. The molecular formula is C29H24ClF5N2O3. The van der Waals surface area contributed by atoms with Crippen molar-refractivity contribution in [1.29, 1.82) is 0 Å². The Morgan fingerprint density at radius 2 is 1.90 bits per heavy atom. The largest absolute Gasteiger partial charge is 0.506 e. The lowest BCUT2D eigenvalue weighted by molar-refractivity contribution is -0.137. The minimum atomic E-state index is -4.78. The van der Waals surface area contributed by atoms with E-state index in [4.69, 9.17) is 16.3 Å². The van der Waals surface area contributed by atoms with Gasteiger partial charge in [-0.3, -0.25) is 9.69 Å². The van der Waals surface area contributed by atoms with Crippen molar-refractivity contribution >= 4 is 28.9 Å². The molecule has 0 aliphatic carbocycles. The van der Waals surface area contributed by atoms with Gasteiger partial charge in [-0.2, -0.15) is 13.2 Å². The topological polar surface area (TPSA) is 61.8 Å². The Morgan fingerprint density at radius 3 is 2.58 bits per heavy atom. The van der Waals surface area contributed by atoms with Crippen molar-refractivity contribution in [3.8, 4) is 5.75 Å². The van der Waals surface area contributed by atoms with E-state index in [2.05, 4.69) is 5.32 Å². The molecule has 1 amide bonds. The van der Waals surface area contributed by atoms with E-state index in [0.29, 0.717) is 18.2 Å². The maximum absolute atomic E-state index is 15.6. The summed E-state index contributed by atoms with van der Waals surface area (Å²) in [6.07, 6.45) is -4.77. The maximum Gasteiger partial charge on any atom is 0.416 e. The lowest BCUT2D eigenvalue weighted by atomic mass is 9.85. The van der Waals surface area contributed by atoms with Crippen LogP contribution >= 0.6 is 11.6 Å². The van der Waals surface area contributed by atoms with Gasteiger partial charge in [0, 0.05) is 16.0 Å². The first kappa shape index (κ1) is 27.8. The number of anilines is 2. The van der Waals surface area contributed by atoms with Crippen molar-refractivity contribution in [2.24, 2.45) is 5.41 Å². The van der Waals surface area contributed by atoms with Crippen molar-refractivity contribution in [2.75, 3.05) is 16.8 Å². The second-order valence-electron chi connectivity index (χ2n) is 10.6. The molecule has 2 heterocycles. The number of phenols is 1. The number of allylic oxidation sites excluding steroid dienone is 1. The smallest absolute Gasteiger partial charge is 0.416 e. The fourth-order valence-corrected chi connectivity index (χ4v) is 5.22. The summed E-state index contributed by atoms with van der Waals surface area (Å²) in [4.78, 5) is 15.2. The zero-order chi connectivity index (χ0) is 29.0. The van der Waals surface area contributed by atoms with E-state index in [1.165, 1.54) is 29.2 Å². The second-order valence-corrected chi connectivity index (χ2v) is 11.0. The summed E-state index contributed by atoms with van der Waals surface area (Å²) in [5.41, 5.74) is -0.809. The van der Waals surface area contributed by atoms with Crippen LogP contribution in [-0.4, -0.2) is 17.6 Å². The highest BCUT2D eigenvalue weighted by molar-refractivity contribution is 6.31. The van der Waals surface area contributed by atoms with Gasteiger partial charge in [0.25, 0.3) is 0 Å². The third-order valence-electron chi connectivity index (χ3n) is 6.88. The minimum Gasteiger partial charge on any atom is -0.506 e. The van der Waals surface area contributed by atoms with E-state index in [-0.39, 0.29) is 57.5 Å².